The molecule has 2 aliphatic rings. The van der Waals surface area contributed by atoms with Gasteiger partial charge in [0.25, 0.3) is 0 Å². The maximum absolute atomic E-state index is 6.33. The van der Waals surface area contributed by atoms with Crippen LogP contribution >= 0.6 is 0 Å². The minimum Gasteiger partial charge on any atom is -0.327 e. The van der Waals surface area contributed by atoms with Gasteiger partial charge in [-0.3, -0.25) is 0 Å². The van der Waals surface area contributed by atoms with E-state index in [1.54, 1.807) is 0 Å². The highest BCUT2D eigenvalue weighted by Crippen LogP contribution is 2.49. The van der Waals surface area contributed by atoms with Crippen LogP contribution in [0.5, 0.6) is 0 Å². The summed E-state index contributed by atoms with van der Waals surface area (Å²) in [6.45, 7) is 2.33. The fourth-order valence-electron chi connectivity index (χ4n) is 2.96. The van der Waals surface area contributed by atoms with Gasteiger partial charge in [0.2, 0.25) is 0 Å². The van der Waals surface area contributed by atoms with Crippen LogP contribution in [0.15, 0.2) is 0 Å². The number of hydrogen-bond acceptors (Lipinski definition) is 1. The second-order valence-corrected chi connectivity index (χ2v) is 4.79. The Morgan fingerprint density at radius 2 is 1.92 bits per heavy atom. The van der Waals surface area contributed by atoms with Gasteiger partial charge in [0.1, 0.15) is 0 Å². The molecule has 1 heteroatoms. The van der Waals surface area contributed by atoms with Crippen molar-refractivity contribution < 1.29 is 0 Å². The lowest BCUT2D eigenvalue weighted by Crippen LogP contribution is -2.41. The molecule has 0 saturated heterocycles. The zero-order chi connectivity index (χ0) is 8.60. The third kappa shape index (κ3) is 1.28. The first-order valence-electron chi connectivity index (χ1n) is 5.54. The molecule has 0 aromatic carbocycles. The van der Waals surface area contributed by atoms with Crippen molar-refractivity contribution >= 4 is 0 Å². The number of hydrogen-bond donors (Lipinski definition) is 1. The van der Waals surface area contributed by atoms with Gasteiger partial charge < -0.3 is 5.73 Å². The largest absolute Gasteiger partial charge is 0.327 e. The summed E-state index contributed by atoms with van der Waals surface area (Å²) in [5.74, 6) is 0.892. The second kappa shape index (κ2) is 3.02. The van der Waals surface area contributed by atoms with E-state index in [1.807, 2.05) is 0 Å². The van der Waals surface area contributed by atoms with Crippen LogP contribution < -0.4 is 5.73 Å². The topological polar surface area (TPSA) is 26.0 Å². The second-order valence-electron chi connectivity index (χ2n) is 4.79. The molecule has 1 unspecified atom stereocenters. The molecule has 1 nitrogen and oxygen atoms in total. The molecule has 0 radical (unpaired) electrons. The Morgan fingerprint density at radius 3 is 2.33 bits per heavy atom. The first-order valence-corrected chi connectivity index (χ1v) is 5.54. The van der Waals surface area contributed by atoms with Crippen LogP contribution in [0.25, 0.3) is 0 Å². The van der Waals surface area contributed by atoms with E-state index in [-0.39, 0.29) is 0 Å². The van der Waals surface area contributed by atoms with Crippen LogP contribution in [0.2, 0.25) is 0 Å². The molecule has 0 heterocycles. The van der Waals surface area contributed by atoms with Crippen LogP contribution in [0.3, 0.4) is 0 Å². The van der Waals surface area contributed by atoms with E-state index >= 15 is 0 Å². The van der Waals surface area contributed by atoms with Crippen molar-refractivity contribution in [2.45, 2.75) is 57.9 Å². The normalized spacial score (nSPS) is 30.5. The molecule has 2 fully saturated rings. The van der Waals surface area contributed by atoms with E-state index in [9.17, 15) is 0 Å². The Morgan fingerprint density at radius 1 is 1.33 bits per heavy atom. The molecular formula is C11H21N. The summed E-state index contributed by atoms with van der Waals surface area (Å²) in [7, 11) is 0. The van der Waals surface area contributed by atoms with E-state index in [4.69, 9.17) is 5.73 Å². The molecule has 2 rings (SSSR count). The van der Waals surface area contributed by atoms with Gasteiger partial charge in [0.15, 0.2) is 0 Å². The zero-order valence-corrected chi connectivity index (χ0v) is 8.18. The van der Waals surface area contributed by atoms with E-state index in [2.05, 4.69) is 6.92 Å². The van der Waals surface area contributed by atoms with Crippen molar-refractivity contribution in [2.24, 2.45) is 17.1 Å². The standard InChI is InChI=1S/C11H21N/c1-2-11(7-3-4-8-11)10(12)9-5-6-9/h9-10H,2-8,12H2,1H3. The fraction of sp³-hybridized carbons (Fsp3) is 1.00. The SMILES string of the molecule is CCC1(C(N)C2CC2)CCCC1. The third-order valence-corrected chi connectivity index (χ3v) is 4.14. The monoisotopic (exact) mass is 167 g/mol. The van der Waals surface area contributed by atoms with Crippen LogP contribution in [0.4, 0.5) is 0 Å². The van der Waals surface area contributed by atoms with E-state index < -0.39 is 0 Å². The summed E-state index contributed by atoms with van der Waals surface area (Å²) in [5, 5.41) is 0. The van der Waals surface area contributed by atoms with Crippen LogP contribution in [0.1, 0.15) is 51.9 Å². The molecule has 2 aliphatic carbocycles. The lowest BCUT2D eigenvalue weighted by Gasteiger charge is -2.34. The highest BCUT2D eigenvalue weighted by Gasteiger charge is 2.44. The molecule has 0 aromatic heterocycles. The van der Waals surface area contributed by atoms with Crippen molar-refractivity contribution in [3.63, 3.8) is 0 Å². The minimum absolute atomic E-state index is 0.532. The predicted molar refractivity (Wildman–Crippen MR) is 51.9 cm³/mol. The molecule has 0 aromatic rings. The van der Waals surface area contributed by atoms with Crippen LogP contribution in [-0.2, 0) is 0 Å². The van der Waals surface area contributed by atoms with Gasteiger partial charge >= 0.3 is 0 Å². The first kappa shape index (κ1) is 8.55. The Labute approximate surface area is 75.7 Å². The van der Waals surface area contributed by atoms with Gasteiger partial charge in [-0.25, -0.2) is 0 Å². The molecule has 1 atom stereocenters. The lowest BCUT2D eigenvalue weighted by atomic mass is 9.75. The summed E-state index contributed by atoms with van der Waals surface area (Å²) in [4.78, 5) is 0. The van der Waals surface area contributed by atoms with Crippen LogP contribution in [0, 0.1) is 11.3 Å². The maximum Gasteiger partial charge on any atom is 0.0124 e. The minimum atomic E-state index is 0.532. The quantitative estimate of drug-likeness (QED) is 0.687. The first-order chi connectivity index (χ1) is 5.78. The Kier molecular flexibility index (Phi) is 2.16. The van der Waals surface area contributed by atoms with Crippen molar-refractivity contribution in [3.05, 3.63) is 0 Å². The molecule has 0 amide bonds. The summed E-state index contributed by atoms with van der Waals surface area (Å²) < 4.78 is 0. The number of rotatable bonds is 3. The summed E-state index contributed by atoms with van der Waals surface area (Å²) in [6, 6.07) is 0.532. The van der Waals surface area contributed by atoms with Crippen molar-refractivity contribution in [1.82, 2.24) is 0 Å². The van der Waals surface area contributed by atoms with Crippen molar-refractivity contribution in [3.8, 4) is 0 Å². The van der Waals surface area contributed by atoms with Gasteiger partial charge in [-0.1, -0.05) is 19.8 Å². The fourth-order valence-corrected chi connectivity index (χ4v) is 2.96. The van der Waals surface area contributed by atoms with Crippen molar-refractivity contribution in [2.75, 3.05) is 0 Å². The summed E-state index contributed by atoms with van der Waals surface area (Å²) in [6.07, 6.45) is 9.78. The zero-order valence-electron chi connectivity index (χ0n) is 8.18. The summed E-state index contributed by atoms with van der Waals surface area (Å²) >= 11 is 0. The average Bonchev–Trinajstić information content (AvgIpc) is 2.83. The molecule has 0 spiro atoms. The Hall–Kier alpha value is -0.0400. The molecule has 0 bridgehead atoms. The van der Waals surface area contributed by atoms with Gasteiger partial charge in [-0.15, -0.1) is 0 Å². The van der Waals surface area contributed by atoms with E-state index in [0.717, 1.165) is 5.92 Å². The highest BCUT2D eigenvalue weighted by molar-refractivity contribution is 4.99. The van der Waals surface area contributed by atoms with Crippen LogP contribution in [-0.4, -0.2) is 6.04 Å². The molecule has 12 heavy (non-hydrogen) atoms. The molecule has 0 aliphatic heterocycles. The lowest BCUT2D eigenvalue weighted by molar-refractivity contribution is 0.201. The maximum atomic E-state index is 6.33. The third-order valence-electron chi connectivity index (χ3n) is 4.14. The summed E-state index contributed by atoms with van der Waals surface area (Å²) in [5.41, 5.74) is 6.89. The van der Waals surface area contributed by atoms with Gasteiger partial charge in [-0.2, -0.15) is 0 Å². The Bertz CT molecular complexity index is 154. The smallest absolute Gasteiger partial charge is 0.0124 e. The predicted octanol–water partition coefficient (Wildman–Crippen LogP) is 2.69. The molecule has 70 valence electrons. The molecular weight excluding hydrogens is 146 g/mol. The molecule has 2 N–H and O–H groups in total. The van der Waals surface area contributed by atoms with Gasteiger partial charge in [0.05, 0.1) is 0 Å². The van der Waals surface area contributed by atoms with Gasteiger partial charge in [0, 0.05) is 6.04 Å². The highest BCUT2D eigenvalue weighted by atomic mass is 14.7. The Balaban J connectivity index is 2.03. The molecule has 2 saturated carbocycles. The van der Waals surface area contributed by atoms with Gasteiger partial charge in [-0.05, 0) is 43.4 Å². The van der Waals surface area contributed by atoms with Crippen molar-refractivity contribution in [1.29, 1.82) is 0 Å². The average molecular weight is 167 g/mol. The number of nitrogens with two attached hydrogens (primary N) is 1. The van der Waals surface area contributed by atoms with E-state index in [1.165, 1.54) is 44.9 Å². The van der Waals surface area contributed by atoms with E-state index in [0.29, 0.717) is 11.5 Å².